The van der Waals surface area contributed by atoms with Gasteiger partial charge in [0.1, 0.15) is 0 Å². The number of carbonyl (C=O) groups excluding carboxylic acids is 1. The van der Waals surface area contributed by atoms with E-state index in [9.17, 15) is 10.1 Å². The first-order valence-electron chi connectivity index (χ1n) is 8.25. The van der Waals surface area contributed by atoms with Gasteiger partial charge in [0, 0.05) is 29.8 Å². The molecule has 4 nitrogen and oxygen atoms in total. The minimum Gasteiger partial charge on any atom is -0.466 e. The SMILES string of the molecule is CCOC(=O)CCc1ccncc1-c1ccc(C#N)c2ccccc12. The van der Waals surface area contributed by atoms with Crippen LogP contribution in [0.15, 0.2) is 54.9 Å². The summed E-state index contributed by atoms with van der Waals surface area (Å²) in [7, 11) is 0. The molecule has 0 spiro atoms. The quantitative estimate of drug-likeness (QED) is 0.655. The summed E-state index contributed by atoms with van der Waals surface area (Å²) in [6, 6.07) is 15.8. The molecule has 124 valence electrons. The number of aromatic nitrogens is 1. The summed E-state index contributed by atoms with van der Waals surface area (Å²) in [5.74, 6) is -0.199. The van der Waals surface area contributed by atoms with Gasteiger partial charge in [0.25, 0.3) is 0 Å². The number of pyridine rings is 1. The number of hydrogen-bond acceptors (Lipinski definition) is 4. The Morgan fingerprint density at radius 3 is 2.68 bits per heavy atom. The van der Waals surface area contributed by atoms with Gasteiger partial charge in [-0.25, -0.2) is 0 Å². The monoisotopic (exact) mass is 330 g/mol. The number of hydrogen-bond donors (Lipinski definition) is 0. The molecule has 0 bridgehead atoms. The number of nitriles is 1. The highest BCUT2D eigenvalue weighted by molar-refractivity contribution is 6.00. The first-order chi connectivity index (χ1) is 12.2. The summed E-state index contributed by atoms with van der Waals surface area (Å²) in [6.07, 6.45) is 4.47. The molecule has 3 rings (SSSR count). The Balaban J connectivity index is 2.05. The van der Waals surface area contributed by atoms with E-state index in [1.165, 1.54) is 0 Å². The second-order valence-corrected chi connectivity index (χ2v) is 5.66. The highest BCUT2D eigenvalue weighted by Crippen LogP contribution is 2.32. The normalized spacial score (nSPS) is 10.4. The maximum absolute atomic E-state index is 11.7. The van der Waals surface area contributed by atoms with Crippen LogP contribution in [0.25, 0.3) is 21.9 Å². The third-order valence-electron chi connectivity index (χ3n) is 4.15. The number of aryl methyl sites for hydroxylation is 1. The molecule has 0 aliphatic heterocycles. The van der Waals surface area contributed by atoms with Crippen LogP contribution in [-0.2, 0) is 16.0 Å². The van der Waals surface area contributed by atoms with Gasteiger partial charge < -0.3 is 4.74 Å². The van der Waals surface area contributed by atoms with E-state index in [1.54, 1.807) is 13.1 Å². The van der Waals surface area contributed by atoms with Crippen molar-refractivity contribution in [1.82, 2.24) is 4.98 Å². The van der Waals surface area contributed by atoms with Crippen molar-refractivity contribution in [3.63, 3.8) is 0 Å². The van der Waals surface area contributed by atoms with Gasteiger partial charge in [0.05, 0.1) is 18.2 Å². The number of esters is 1. The molecule has 0 unspecified atom stereocenters. The lowest BCUT2D eigenvalue weighted by atomic mass is 9.92. The lowest BCUT2D eigenvalue weighted by Crippen LogP contribution is -2.05. The third-order valence-corrected chi connectivity index (χ3v) is 4.15. The minimum atomic E-state index is -0.199. The summed E-state index contributed by atoms with van der Waals surface area (Å²) in [5, 5.41) is 11.3. The molecule has 0 saturated carbocycles. The van der Waals surface area contributed by atoms with E-state index in [2.05, 4.69) is 11.1 Å². The Kier molecular flexibility index (Phi) is 5.06. The van der Waals surface area contributed by atoms with Crippen LogP contribution in [0.2, 0.25) is 0 Å². The number of fused-ring (bicyclic) bond motifs is 1. The fraction of sp³-hybridized carbons (Fsp3) is 0.190. The molecule has 1 heterocycles. The molecule has 0 aliphatic carbocycles. The lowest BCUT2D eigenvalue weighted by Gasteiger charge is -2.12. The number of nitrogens with zero attached hydrogens (tertiary/aromatic N) is 2. The summed E-state index contributed by atoms with van der Waals surface area (Å²) in [6.45, 7) is 2.20. The average molecular weight is 330 g/mol. The Morgan fingerprint density at radius 1 is 1.12 bits per heavy atom. The Hall–Kier alpha value is -3.19. The first-order valence-corrected chi connectivity index (χ1v) is 8.25. The van der Waals surface area contributed by atoms with Gasteiger partial charge in [0.2, 0.25) is 0 Å². The van der Waals surface area contributed by atoms with Crippen LogP contribution in [0.1, 0.15) is 24.5 Å². The largest absolute Gasteiger partial charge is 0.466 e. The predicted octanol–water partition coefficient (Wildman–Crippen LogP) is 4.27. The summed E-state index contributed by atoms with van der Waals surface area (Å²) < 4.78 is 5.02. The second kappa shape index (κ2) is 7.59. The van der Waals surface area contributed by atoms with Crippen molar-refractivity contribution in [1.29, 1.82) is 5.26 Å². The zero-order valence-electron chi connectivity index (χ0n) is 14.0. The van der Waals surface area contributed by atoms with E-state index in [-0.39, 0.29) is 5.97 Å². The van der Waals surface area contributed by atoms with E-state index in [4.69, 9.17) is 4.74 Å². The van der Waals surface area contributed by atoms with Crippen LogP contribution in [0.3, 0.4) is 0 Å². The van der Waals surface area contributed by atoms with E-state index < -0.39 is 0 Å². The molecule has 0 saturated heterocycles. The first kappa shape index (κ1) is 16.7. The lowest BCUT2D eigenvalue weighted by molar-refractivity contribution is -0.143. The van der Waals surface area contributed by atoms with Crippen molar-refractivity contribution in [3.8, 4) is 17.2 Å². The van der Waals surface area contributed by atoms with Gasteiger partial charge in [0.15, 0.2) is 0 Å². The standard InChI is InChI=1S/C21H18N2O2/c1-2-25-21(24)10-8-15-11-12-23-14-20(15)19-9-7-16(13-22)17-5-3-4-6-18(17)19/h3-7,9,11-12,14H,2,8,10H2,1H3. The van der Waals surface area contributed by atoms with Crippen LogP contribution in [0, 0.1) is 11.3 Å². The van der Waals surface area contributed by atoms with Crippen molar-refractivity contribution in [2.24, 2.45) is 0 Å². The Labute approximate surface area is 146 Å². The van der Waals surface area contributed by atoms with Crippen molar-refractivity contribution in [3.05, 3.63) is 66.0 Å². The molecule has 0 atom stereocenters. The number of carbonyl (C=O) groups is 1. The molecule has 0 amide bonds. The maximum Gasteiger partial charge on any atom is 0.306 e. The fourth-order valence-electron chi connectivity index (χ4n) is 2.99. The van der Waals surface area contributed by atoms with Crippen LogP contribution in [0.5, 0.6) is 0 Å². The molecule has 3 aromatic rings. The highest BCUT2D eigenvalue weighted by atomic mass is 16.5. The zero-order valence-corrected chi connectivity index (χ0v) is 14.0. The smallest absolute Gasteiger partial charge is 0.306 e. The molecular weight excluding hydrogens is 312 g/mol. The van der Waals surface area contributed by atoms with Gasteiger partial charge in [-0.2, -0.15) is 5.26 Å². The van der Waals surface area contributed by atoms with Gasteiger partial charge >= 0.3 is 5.97 Å². The number of ether oxygens (including phenoxy) is 1. The van der Waals surface area contributed by atoms with Gasteiger partial charge in [-0.3, -0.25) is 9.78 Å². The summed E-state index contributed by atoms with van der Waals surface area (Å²) in [4.78, 5) is 15.9. The molecule has 0 N–H and O–H groups in total. The van der Waals surface area contributed by atoms with Crippen molar-refractivity contribution in [2.75, 3.05) is 6.61 Å². The van der Waals surface area contributed by atoms with E-state index >= 15 is 0 Å². The Bertz CT molecular complexity index is 958. The Morgan fingerprint density at radius 2 is 1.92 bits per heavy atom. The molecule has 2 aromatic carbocycles. The van der Waals surface area contributed by atoms with E-state index in [0.29, 0.717) is 25.0 Å². The third kappa shape index (κ3) is 3.51. The predicted molar refractivity (Wildman–Crippen MR) is 96.8 cm³/mol. The molecule has 1 aromatic heterocycles. The second-order valence-electron chi connectivity index (χ2n) is 5.66. The van der Waals surface area contributed by atoms with E-state index in [0.717, 1.165) is 27.5 Å². The molecule has 25 heavy (non-hydrogen) atoms. The van der Waals surface area contributed by atoms with Gasteiger partial charge in [-0.1, -0.05) is 30.3 Å². The van der Waals surface area contributed by atoms with Crippen molar-refractivity contribution >= 4 is 16.7 Å². The molecule has 0 fully saturated rings. The highest BCUT2D eigenvalue weighted by Gasteiger charge is 2.12. The summed E-state index contributed by atoms with van der Waals surface area (Å²) in [5.41, 5.74) is 3.68. The molecule has 0 aliphatic rings. The van der Waals surface area contributed by atoms with Crippen LogP contribution >= 0.6 is 0 Å². The van der Waals surface area contributed by atoms with Crippen LogP contribution in [-0.4, -0.2) is 17.6 Å². The van der Waals surface area contributed by atoms with Crippen LogP contribution < -0.4 is 0 Å². The minimum absolute atomic E-state index is 0.199. The zero-order chi connectivity index (χ0) is 17.6. The number of benzene rings is 2. The van der Waals surface area contributed by atoms with Crippen LogP contribution in [0.4, 0.5) is 0 Å². The summed E-state index contributed by atoms with van der Waals surface area (Å²) >= 11 is 0. The van der Waals surface area contributed by atoms with Crippen molar-refractivity contribution < 1.29 is 9.53 Å². The number of rotatable bonds is 5. The molecule has 0 radical (unpaired) electrons. The fourth-order valence-corrected chi connectivity index (χ4v) is 2.99. The van der Waals surface area contributed by atoms with Gasteiger partial charge in [-0.15, -0.1) is 0 Å². The molecule has 4 heteroatoms. The average Bonchev–Trinajstić information content (AvgIpc) is 2.66. The molecular formula is C21H18N2O2. The maximum atomic E-state index is 11.7. The van der Waals surface area contributed by atoms with Crippen molar-refractivity contribution in [2.45, 2.75) is 19.8 Å². The van der Waals surface area contributed by atoms with Gasteiger partial charge in [-0.05, 0) is 42.0 Å². The topological polar surface area (TPSA) is 63.0 Å². The van der Waals surface area contributed by atoms with E-state index in [1.807, 2.05) is 48.7 Å².